The Bertz CT molecular complexity index is 319. The van der Waals surface area contributed by atoms with Crippen LogP contribution in [0.4, 0.5) is 5.82 Å². The molecule has 2 nitrogen and oxygen atoms in total. The number of nitrogen functional groups attached to an aromatic ring is 1. The summed E-state index contributed by atoms with van der Waals surface area (Å²) < 4.78 is 0. The van der Waals surface area contributed by atoms with E-state index in [1.807, 2.05) is 13.1 Å². The fraction of sp³-hybridized carbons (Fsp3) is 0.444. The van der Waals surface area contributed by atoms with Crippen molar-refractivity contribution in [2.75, 3.05) is 5.73 Å². The Morgan fingerprint density at radius 1 is 1.58 bits per heavy atom. The zero-order valence-electron chi connectivity index (χ0n) is 6.97. The van der Waals surface area contributed by atoms with Crippen molar-refractivity contribution in [3.05, 3.63) is 22.3 Å². The van der Waals surface area contributed by atoms with Crippen LogP contribution in [-0.4, -0.2) is 4.98 Å². The number of hydrogen-bond donors (Lipinski definition) is 1. The highest BCUT2D eigenvalue weighted by Crippen LogP contribution is 2.44. The van der Waals surface area contributed by atoms with Gasteiger partial charge in [-0.2, -0.15) is 0 Å². The maximum absolute atomic E-state index is 6.11. The van der Waals surface area contributed by atoms with Gasteiger partial charge in [0.25, 0.3) is 0 Å². The molecule has 0 saturated heterocycles. The van der Waals surface area contributed by atoms with Gasteiger partial charge in [0.05, 0.1) is 5.02 Å². The smallest absolute Gasteiger partial charge is 0.127 e. The maximum atomic E-state index is 6.11. The molecular weight excluding hydrogens is 172 g/mol. The molecule has 0 unspecified atom stereocenters. The van der Waals surface area contributed by atoms with Gasteiger partial charge >= 0.3 is 0 Å². The molecule has 1 aromatic rings. The topological polar surface area (TPSA) is 38.9 Å². The minimum atomic E-state index is 0.546. The van der Waals surface area contributed by atoms with Crippen LogP contribution >= 0.6 is 11.6 Å². The molecule has 1 fully saturated rings. The number of nitrogens with zero attached hydrogens (tertiary/aromatic N) is 1. The lowest BCUT2D eigenvalue weighted by Gasteiger charge is -2.06. The van der Waals surface area contributed by atoms with Crippen molar-refractivity contribution < 1.29 is 0 Å². The lowest BCUT2D eigenvalue weighted by Crippen LogP contribution is -1.97. The summed E-state index contributed by atoms with van der Waals surface area (Å²) in [7, 11) is 0. The Morgan fingerprint density at radius 3 is 2.83 bits per heavy atom. The average Bonchev–Trinajstić information content (AvgIpc) is 2.84. The van der Waals surface area contributed by atoms with Gasteiger partial charge in [-0.1, -0.05) is 11.6 Å². The van der Waals surface area contributed by atoms with E-state index in [0.29, 0.717) is 11.7 Å². The fourth-order valence-electron chi connectivity index (χ4n) is 1.30. The van der Waals surface area contributed by atoms with Crippen molar-refractivity contribution in [2.24, 2.45) is 0 Å². The van der Waals surface area contributed by atoms with Crippen molar-refractivity contribution in [3.63, 3.8) is 0 Å². The highest BCUT2D eigenvalue weighted by atomic mass is 35.5. The Labute approximate surface area is 76.7 Å². The first-order chi connectivity index (χ1) is 5.70. The second-order valence-electron chi connectivity index (χ2n) is 3.31. The predicted octanol–water partition coefficient (Wildman–Crippen LogP) is 2.50. The van der Waals surface area contributed by atoms with Crippen LogP contribution in [-0.2, 0) is 0 Å². The Morgan fingerprint density at radius 2 is 2.25 bits per heavy atom. The zero-order valence-corrected chi connectivity index (χ0v) is 7.73. The summed E-state index contributed by atoms with van der Waals surface area (Å²) in [5.41, 5.74) is 7.70. The molecule has 0 bridgehead atoms. The monoisotopic (exact) mass is 182 g/mol. The van der Waals surface area contributed by atoms with E-state index in [0.717, 1.165) is 10.6 Å². The molecule has 1 heterocycles. The first kappa shape index (κ1) is 7.87. The largest absolute Gasteiger partial charge is 0.383 e. The van der Waals surface area contributed by atoms with E-state index >= 15 is 0 Å². The van der Waals surface area contributed by atoms with E-state index in [1.165, 1.54) is 18.4 Å². The number of rotatable bonds is 1. The molecule has 0 spiro atoms. The number of aromatic nitrogens is 1. The van der Waals surface area contributed by atoms with E-state index in [2.05, 4.69) is 4.98 Å². The van der Waals surface area contributed by atoms with Gasteiger partial charge in [-0.05, 0) is 31.2 Å². The predicted molar refractivity (Wildman–Crippen MR) is 50.4 cm³/mol. The van der Waals surface area contributed by atoms with Crippen LogP contribution in [0.1, 0.15) is 29.9 Å². The van der Waals surface area contributed by atoms with Gasteiger partial charge in [0.1, 0.15) is 5.82 Å². The number of pyridine rings is 1. The summed E-state index contributed by atoms with van der Waals surface area (Å²) >= 11 is 6.11. The van der Waals surface area contributed by atoms with Crippen molar-refractivity contribution in [1.29, 1.82) is 0 Å². The van der Waals surface area contributed by atoms with Gasteiger partial charge in [0.2, 0.25) is 0 Å². The molecule has 0 aromatic carbocycles. The number of anilines is 1. The van der Waals surface area contributed by atoms with Crippen LogP contribution in [0.2, 0.25) is 5.02 Å². The molecule has 1 aliphatic rings. The maximum Gasteiger partial charge on any atom is 0.127 e. The van der Waals surface area contributed by atoms with Crippen LogP contribution < -0.4 is 5.73 Å². The lowest BCUT2D eigenvalue weighted by molar-refractivity contribution is 1.08. The summed E-state index contributed by atoms with van der Waals surface area (Å²) in [6.07, 6.45) is 4.29. The highest BCUT2D eigenvalue weighted by molar-refractivity contribution is 6.32. The molecule has 1 saturated carbocycles. The number of hydrogen-bond acceptors (Lipinski definition) is 2. The minimum absolute atomic E-state index is 0.546. The summed E-state index contributed by atoms with van der Waals surface area (Å²) in [4.78, 5) is 4.09. The second kappa shape index (κ2) is 2.63. The van der Waals surface area contributed by atoms with E-state index < -0.39 is 0 Å². The fourth-order valence-corrected chi connectivity index (χ4v) is 1.60. The Kier molecular flexibility index (Phi) is 1.72. The lowest BCUT2D eigenvalue weighted by atomic mass is 10.1. The van der Waals surface area contributed by atoms with Crippen LogP contribution in [0.3, 0.4) is 0 Å². The van der Waals surface area contributed by atoms with E-state index in [-0.39, 0.29) is 0 Å². The molecule has 1 aliphatic carbocycles. The standard InChI is InChI=1S/C9H11ClN2/c1-5-8(10)7(6-2-3-6)4-12-9(5)11/h4,6H,2-3H2,1H3,(H2,11,12). The van der Waals surface area contributed by atoms with Crippen molar-refractivity contribution in [3.8, 4) is 0 Å². The van der Waals surface area contributed by atoms with E-state index in [1.54, 1.807) is 0 Å². The summed E-state index contributed by atoms with van der Waals surface area (Å²) in [5.74, 6) is 1.19. The molecule has 3 heteroatoms. The number of nitrogens with two attached hydrogens (primary N) is 1. The average molecular weight is 183 g/mol. The molecule has 0 aliphatic heterocycles. The molecule has 2 rings (SSSR count). The molecule has 0 radical (unpaired) electrons. The molecule has 0 atom stereocenters. The molecule has 0 amide bonds. The van der Waals surface area contributed by atoms with E-state index in [9.17, 15) is 0 Å². The van der Waals surface area contributed by atoms with Gasteiger partial charge < -0.3 is 5.73 Å². The SMILES string of the molecule is Cc1c(N)ncc(C2CC2)c1Cl. The van der Waals surface area contributed by atoms with Gasteiger partial charge in [-0.3, -0.25) is 0 Å². The number of halogens is 1. The van der Waals surface area contributed by atoms with Gasteiger partial charge in [0, 0.05) is 11.8 Å². The van der Waals surface area contributed by atoms with Crippen molar-refractivity contribution in [2.45, 2.75) is 25.7 Å². The van der Waals surface area contributed by atoms with E-state index in [4.69, 9.17) is 17.3 Å². The van der Waals surface area contributed by atoms with Gasteiger partial charge in [0.15, 0.2) is 0 Å². The summed E-state index contributed by atoms with van der Waals surface area (Å²) in [6, 6.07) is 0. The molecular formula is C9H11ClN2. The Balaban J connectivity index is 2.49. The highest BCUT2D eigenvalue weighted by Gasteiger charge is 2.26. The van der Waals surface area contributed by atoms with Crippen molar-refractivity contribution >= 4 is 17.4 Å². The Hall–Kier alpha value is -0.760. The van der Waals surface area contributed by atoms with Gasteiger partial charge in [-0.15, -0.1) is 0 Å². The molecule has 12 heavy (non-hydrogen) atoms. The second-order valence-corrected chi connectivity index (χ2v) is 3.69. The normalized spacial score (nSPS) is 16.5. The third-order valence-electron chi connectivity index (χ3n) is 2.33. The third kappa shape index (κ3) is 1.16. The molecule has 1 aromatic heterocycles. The first-order valence-corrected chi connectivity index (χ1v) is 4.48. The summed E-state index contributed by atoms with van der Waals surface area (Å²) in [6.45, 7) is 1.91. The molecule has 64 valence electrons. The first-order valence-electron chi connectivity index (χ1n) is 4.10. The van der Waals surface area contributed by atoms with Crippen LogP contribution in [0, 0.1) is 6.92 Å². The van der Waals surface area contributed by atoms with Crippen molar-refractivity contribution in [1.82, 2.24) is 4.98 Å². The zero-order chi connectivity index (χ0) is 8.72. The van der Waals surface area contributed by atoms with Crippen LogP contribution in [0.25, 0.3) is 0 Å². The quantitative estimate of drug-likeness (QED) is 0.725. The minimum Gasteiger partial charge on any atom is -0.383 e. The van der Waals surface area contributed by atoms with Crippen LogP contribution in [0.15, 0.2) is 6.20 Å². The third-order valence-corrected chi connectivity index (χ3v) is 2.83. The molecule has 2 N–H and O–H groups in total. The summed E-state index contributed by atoms with van der Waals surface area (Å²) in [5, 5.41) is 0.810. The van der Waals surface area contributed by atoms with Crippen LogP contribution in [0.5, 0.6) is 0 Å². The van der Waals surface area contributed by atoms with Gasteiger partial charge in [-0.25, -0.2) is 4.98 Å².